The van der Waals surface area contributed by atoms with Crippen LogP contribution < -0.4 is 5.73 Å². The van der Waals surface area contributed by atoms with E-state index in [1.807, 2.05) is 6.92 Å². The normalized spacial score (nSPS) is 16.0. The van der Waals surface area contributed by atoms with E-state index in [0.717, 1.165) is 24.8 Å². The number of rotatable bonds is 5. The SMILES string of the molecule is C=C(CC)C(N)CC[C@@H](C)O. The van der Waals surface area contributed by atoms with E-state index in [1.54, 1.807) is 6.92 Å². The molecule has 0 spiro atoms. The largest absolute Gasteiger partial charge is 0.393 e. The van der Waals surface area contributed by atoms with E-state index in [4.69, 9.17) is 10.8 Å². The van der Waals surface area contributed by atoms with Gasteiger partial charge in [0.2, 0.25) is 0 Å². The van der Waals surface area contributed by atoms with Crippen LogP contribution in [0.1, 0.15) is 33.1 Å². The van der Waals surface area contributed by atoms with E-state index in [9.17, 15) is 0 Å². The lowest BCUT2D eigenvalue weighted by Gasteiger charge is -2.13. The highest BCUT2D eigenvalue weighted by atomic mass is 16.3. The van der Waals surface area contributed by atoms with Crippen LogP contribution in [0.25, 0.3) is 0 Å². The van der Waals surface area contributed by atoms with Crippen molar-refractivity contribution in [3.63, 3.8) is 0 Å². The molecule has 0 aliphatic carbocycles. The second-order valence-corrected chi connectivity index (χ2v) is 3.04. The fourth-order valence-electron chi connectivity index (χ4n) is 0.887. The Balaban J connectivity index is 3.52. The van der Waals surface area contributed by atoms with E-state index < -0.39 is 0 Å². The summed E-state index contributed by atoms with van der Waals surface area (Å²) in [6.45, 7) is 7.67. The third kappa shape index (κ3) is 4.99. The monoisotopic (exact) mass is 157 g/mol. The Morgan fingerprint density at radius 3 is 2.45 bits per heavy atom. The van der Waals surface area contributed by atoms with Crippen LogP contribution in [0, 0.1) is 0 Å². The molecule has 2 atom stereocenters. The number of nitrogens with two attached hydrogens (primary N) is 1. The highest BCUT2D eigenvalue weighted by Crippen LogP contribution is 2.08. The van der Waals surface area contributed by atoms with Gasteiger partial charge in [-0.25, -0.2) is 0 Å². The van der Waals surface area contributed by atoms with Crippen molar-refractivity contribution in [1.29, 1.82) is 0 Å². The van der Waals surface area contributed by atoms with Gasteiger partial charge in [0.1, 0.15) is 0 Å². The molecule has 0 radical (unpaired) electrons. The van der Waals surface area contributed by atoms with Crippen molar-refractivity contribution in [2.45, 2.75) is 45.3 Å². The third-order valence-electron chi connectivity index (χ3n) is 1.87. The Bertz CT molecular complexity index is 121. The Morgan fingerprint density at radius 2 is 2.09 bits per heavy atom. The van der Waals surface area contributed by atoms with Crippen molar-refractivity contribution < 1.29 is 5.11 Å². The van der Waals surface area contributed by atoms with Gasteiger partial charge in [-0.2, -0.15) is 0 Å². The summed E-state index contributed by atoms with van der Waals surface area (Å²) in [6.07, 6.45) is 2.29. The highest BCUT2D eigenvalue weighted by Gasteiger charge is 2.06. The minimum absolute atomic E-state index is 0.0644. The maximum atomic E-state index is 8.97. The number of aliphatic hydroxyl groups is 1. The summed E-state index contributed by atoms with van der Waals surface area (Å²) in [5.74, 6) is 0. The van der Waals surface area contributed by atoms with E-state index in [0.29, 0.717) is 0 Å². The summed E-state index contributed by atoms with van der Waals surface area (Å²) >= 11 is 0. The van der Waals surface area contributed by atoms with Crippen molar-refractivity contribution in [2.24, 2.45) is 5.73 Å². The van der Waals surface area contributed by atoms with Gasteiger partial charge in [-0.15, -0.1) is 0 Å². The molecule has 0 aromatic carbocycles. The van der Waals surface area contributed by atoms with Gasteiger partial charge in [0, 0.05) is 6.04 Å². The van der Waals surface area contributed by atoms with Gasteiger partial charge in [-0.1, -0.05) is 19.1 Å². The molecule has 0 amide bonds. The minimum Gasteiger partial charge on any atom is -0.393 e. The first-order valence-corrected chi connectivity index (χ1v) is 4.19. The summed E-state index contributed by atoms with van der Waals surface area (Å²) in [7, 11) is 0. The quantitative estimate of drug-likeness (QED) is 0.593. The average Bonchev–Trinajstić information content (AvgIpc) is 1.98. The average molecular weight is 157 g/mol. The first-order chi connectivity index (χ1) is 5.07. The molecule has 0 rings (SSSR count). The second kappa shape index (κ2) is 5.33. The van der Waals surface area contributed by atoms with Crippen LogP contribution in [0.5, 0.6) is 0 Å². The van der Waals surface area contributed by atoms with Gasteiger partial charge in [0.25, 0.3) is 0 Å². The Labute approximate surface area is 69.1 Å². The van der Waals surface area contributed by atoms with Gasteiger partial charge in [-0.3, -0.25) is 0 Å². The smallest absolute Gasteiger partial charge is 0.0512 e. The lowest BCUT2D eigenvalue weighted by molar-refractivity contribution is 0.179. The molecule has 2 nitrogen and oxygen atoms in total. The van der Waals surface area contributed by atoms with Crippen LogP contribution in [0.2, 0.25) is 0 Å². The van der Waals surface area contributed by atoms with Gasteiger partial charge >= 0.3 is 0 Å². The van der Waals surface area contributed by atoms with Crippen LogP contribution in [-0.4, -0.2) is 17.3 Å². The lowest BCUT2D eigenvalue weighted by Crippen LogP contribution is -2.23. The molecule has 3 N–H and O–H groups in total. The predicted molar refractivity (Wildman–Crippen MR) is 48.3 cm³/mol. The second-order valence-electron chi connectivity index (χ2n) is 3.04. The first-order valence-electron chi connectivity index (χ1n) is 4.19. The molecule has 1 unspecified atom stereocenters. The van der Waals surface area contributed by atoms with Gasteiger partial charge in [0.05, 0.1) is 6.10 Å². The summed E-state index contributed by atoms with van der Waals surface area (Å²) in [6, 6.07) is 0.0644. The zero-order valence-electron chi connectivity index (χ0n) is 7.51. The molecular formula is C9H19NO. The summed E-state index contributed by atoms with van der Waals surface area (Å²) in [5.41, 5.74) is 6.84. The van der Waals surface area contributed by atoms with Crippen molar-refractivity contribution >= 4 is 0 Å². The molecule has 66 valence electrons. The van der Waals surface area contributed by atoms with E-state index in [2.05, 4.69) is 6.58 Å². The molecule has 0 aromatic heterocycles. The van der Waals surface area contributed by atoms with Crippen molar-refractivity contribution in [3.8, 4) is 0 Å². The lowest BCUT2D eigenvalue weighted by atomic mass is 10.0. The van der Waals surface area contributed by atoms with Crippen LogP contribution in [0.15, 0.2) is 12.2 Å². The van der Waals surface area contributed by atoms with Gasteiger partial charge < -0.3 is 10.8 Å². The maximum Gasteiger partial charge on any atom is 0.0512 e. The topological polar surface area (TPSA) is 46.2 Å². The molecule has 0 heterocycles. The Hall–Kier alpha value is -0.340. The van der Waals surface area contributed by atoms with E-state index in [1.165, 1.54) is 0 Å². The Morgan fingerprint density at radius 1 is 1.55 bits per heavy atom. The zero-order valence-corrected chi connectivity index (χ0v) is 7.51. The Kier molecular flexibility index (Phi) is 5.16. The number of hydrogen-bond donors (Lipinski definition) is 2. The summed E-state index contributed by atoms with van der Waals surface area (Å²) < 4.78 is 0. The van der Waals surface area contributed by atoms with Crippen molar-refractivity contribution in [1.82, 2.24) is 0 Å². The third-order valence-corrected chi connectivity index (χ3v) is 1.87. The summed E-state index contributed by atoms with van der Waals surface area (Å²) in [5, 5.41) is 8.97. The fraction of sp³-hybridized carbons (Fsp3) is 0.778. The zero-order chi connectivity index (χ0) is 8.85. The van der Waals surface area contributed by atoms with Gasteiger partial charge in [-0.05, 0) is 26.2 Å². The molecular weight excluding hydrogens is 138 g/mol. The standard InChI is InChI=1S/C9H19NO/c1-4-7(2)9(10)6-5-8(3)11/h8-9,11H,2,4-6,10H2,1,3H3/t8-,9?/m1/s1. The van der Waals surface area contributed by atoms with Crippen LogP contribution in [-0.2, 0) is 0 Å². The van der Waals surface area contributed by atoms with Crippen LogP contribution >= 0.6 is 0 Å². The maximum absolute atomic E-state index is 8.97. The van der Waals surface area contributed by atoms with Crippen LogP contribution in [0.3, 0.4) is 0 Å². The molecule has 0 saturated carbocycles. The predicted octanol–water partition coefficient (Wildman–Crippen LogP) is 1.44. The number of hydrogen-bond acceptors (Lipinski definition) is 2. The van der Waals surface area contributed by atoms with E-state index >= 15 is 0 Å². The van der Waals surface area contributed by atoms with Crippen molar-refractivity contribution in [3.05, 3.63) is 12.2 Å². The molecule has 0 fully saturated rings. The van der Waals surface area contributed by atoms with Crippen molar-refractivity contribution in [2.75, 3.05) is 0 Å². The number of aliphatic hydroxyl groups excluding tert-OH is 1. The fourth-order valence-corrected chi connectivity index (χ4v) is 0.887. The highest BCUT2D eigenvalue weighted by molar-refractivity contribution is 5.02. The minimum atomic E-state index is -0.245. The molecule has 0 aliphatic heterocycles. The first kappa shape index (κ1) is 10.7. The van der Waals surface area contributed by atoms with Gasteiger partial charge in [0.15, 0.2) is 0 Å². The van der Waals surface area contributed by atoms with Crippen LogP contribution in [0.4, 0.5) is 0 Å². The molecule has 2 heteroatoms. The summed E-state index contributed by atoms with van der Waals surface area (Å²) in [4.78, 5) is 0. The molecule has 0 bridgehead atoms. The molecule has 0 saturated heterocycles. The molecule has 11 heavy (non-hydrogen) atoms. The molecule has 0 aliphatic rings. The molecule has 0 aromatic rings. The van der Waals surface area contributed by atoms with E-state index in [-0.39, 0.29) is 12.1 Å².